The van der Waals surface area contributed by atoms with Gasteiger partial charge in [0.05, 0.1) is 6.42 Å². The van der Waals surface area contributed by atoms with Crippen molar-refractivity contribution in [2.75, 3.05) is 6.54 Å². The zero-order chi connectivity index (χ0) is 7.40. The fourth-order valence-corrected chi connectivity index (χ4v) is 0.735. The van der Waals surface area contributed by atoms with Crippen LogP contribution in [0, 0.1) is 18.3 Å². The van der Waals surface area contributed by atoms with Gasteiger partial charge in [0, 0.05) is 6.54 Å². The highest BCUT2D eigenvalue weighted by Gasteiger charge is 2.21. The summed E-state index contributed by atoms with van der Waals surface area (Å²) < 4.78 is 0. The first-order chi connectivity index (χ1) is 4.83. The predicted octanol–water partition coefficient (Wildman–Crippen LogP) is 0.536. The Hall–Kier alpha value is -0.970. The van der Waals surface area contributed by atoms with Crippen molar-refractivity contribution in [1.82, 2.24) is 5.32 Å². The van der Waals surface area contributed by atoms with Gasteiger partial charge >= 0.3 is 0 Å². The average Bonchev–Trinajstić information content (AvgIpc) is 2.67. The quantitative estimate of drug-likeness (QED) is 0.565. The van der Waals surface area contributed by atoms with Crippen molar-refractivity contribution in [2.24, 2.45) is 5.92 Å². The second-order valence-corrected chi connectivity index (χ2v) is 2.63. The predicted molar refractivity (Wildman–Crippen MR) is 39.2 cm³/mol. The zero-order valence-corrected chi connectivity index (χ0v) is 5.89. The summed E-state index contributed by atoms with van der Waals surface area (Å²) in [7, 11) is 0. The third kappa shape index (κ3) is 2.54. The molecule has 0 heterocycles. The molecule has 10 heavy (non-hydrogen) atoms. The molecule has 0 spiro atoms. The zero-order valence-electron chi connectivity index (χ0n) is 5.89. The minimum absolute atomic E-state index is 0.0191. The molecule has 1 N–H and O–H groups in total. The third-order valence-corrected chi connectivity index (χ3v) is 1.55. The Kier molecular flexibility index (Phi) is 2.33. The van der Waals surface area contributed by atoms with E-state index in [0.29, 0.717) is 0 Å². The third-order valence-electron chi connectivity index (χ3n) is 1.55. The van der Waals surface area contributed by atoms with Crippen LogP contribution in [0.25, 0.3) is 0 Å². The van der Waals surface area contributed by atoms with E-state index in [1.165, 1.54) is 12.8 Å². The molecule has 0 unspecified atom stereocenters. The molecule has 2 heteroatoms. The Morgan fingerprint density at radius 3 is 2.90 bits per heavy atom. The van der Waals surface area contributed by atoms with Gasteiger partial charge in [0.2, 0.25) is 5.91 Å². The molecule has 2 nitrogen and oxygen atoms in total. The molecular weight excluding hydrogens is 126 g/mol. The minimum Gasteiger partial charge on any atom is -0.355 e. The molecule has 1 saturated carbocycles. The van der Waals surface area contributed by atoms with Crippen LogP contribution in [-0.2, 0) is 4.79 Å². The fourth-order valence-electron chi connectivity index (χ4n) is 0.735. The SMILES string of the molecule is C#CCC(=O)NCC1CC1. The normalized spacial score (nSPS) is 15.9. The van der Waals surface area contributed by atoms with Crippen LogP contribution in [-0.4, -0.2) is 12.5 Å². The van der Waals surface area contributed by atoms with Crippen LogP contribution < -0.4 is 5.32 Å². The molecular formula is C8H11NO. The van der Waals surface area contributed by atoms with E-state index in [0.717, 1.165) is 12.5 Å². The van der Waals surface area contributed by atoms with Gasteiger partial charge in [0.25, 0.3) is 0 Å². The largest absolute Gasteiger partial charge is 0.355 e. The van der Waals surface area contributed by atoms with E-state index in [4.69, 9.17) is 6.42 Å². The molecule has 0 aromatic carbocycles. The number of carbonyl (C=O) groups excluding carboxylic acids is 1. The van der Waals surface area contributed by atoms with E-state index < -0.39 is 0 Å². The van der Waals surface area contributed by atoms with Crippen LogP contribution in [0.4, 0.5) is 0 Å². The van der Waals surface area contributed by atoms with Crippen molar-refractivity contribution in [1.29, 1.82) is 0 Å². The lowest BCUT2D eigenvalue weighted by atomic mass is 10.4. The number of hydrogen-bond donors (Lipinski definition) is 1. The smallest absolute Gasteiger partial charge is 0.232 e. The van der Waals surface area contributed by atoms with Gasteiger partial charge in [0.1, 0.15) is 0 Å². The molecule has 0 radical (unpaired) electrons. The Bertz CT molecular complexity index is 165. The topological polar surface area (TPSA) is 29.1 Å². The molecule has 0 saturated heterocycles. The van der Waals surface area contributed by atoms with E-state index in [1.807, 2.05) is 0 Å². The number of rotatable bonds is 3. The Morgan fingerprint density at radius 1 is 1.70 bits per heavy atom. The summed E-state index contributed by atoms with van der Waals surface area (Å²) in [6.07, 6.45) is 7.68. The Balaban J connectivity index is 2.01. The maximum absolute atomic E-state index is 10.7. The second kappa shape index (κ2) is 3.26. The molecule has 0 aromatic heterocycles. The van der Waals surface area contributed by atoms with Gasteiger partial charge in [-0.1, -0.05) is 5.92 Å². The van der Waals surface area contributed by atoms with Crippen LogP contribution >= 0.6 is 0 Å². The van der Waals surface area contributed by atoms with Gasteiger partial charge in [-0.2, -0.15) is 0 Å². The number of amides is 1. The lowest BCUT2D eigenvalue weighted by Crippen LogP contribution is -2.24. The van der Waals surface area contributed by atoms with Gasteiger partial charge in [0.15, 0.2) is 0 Å². The summed E-state index contributed by atoms with van der Waals surface area (Å²) in [6, 6.07) is 0. The van der Waals surface area contributed by atoms with Crippen LogP contribution in [0.15, 0.2) is 0 Å². The van der Waals surface area contributed by atoms with Crippen molar-refractivity contribution < 1.29 is 4.79 Å². The Labute approximate surface area is 61.0 Å². The van der Waals surface area contributed by atoms with Gasteiger partial charge in [-0.15, -0.1) is 6.42 Å². The second-order valence-electron chi connectivity index (χ2n) is 2.63. The van der Waals surface area contributed by atoms with E-state index >= 15 is 0 Å². The van der Waals surface area contributed by atoms with E-state index in [2.05, 4.69) is 11.2 Å². The first-order valence-corrected chi connectivity index (χ1v) is 3.53. The highest BCUT2D eigenvalue weighted by atomic mass is 16.1. The van der Waals surface area contributed by atoms with Gasteiger partial charge in [-0.25, -0.2) is 0 Å². The van der Waals surface area contributed by atoms with Gasteiger partial charge in [-0.05, 0) is 18.8 Å². The Morgan fingerprint density at radius 2 is 2.40 bits per heavy atom. The molecule has 1 fully saturated rings. The van der Waals surface area contributed by atoms with Crippen LogP contribution in [0.2, 0.25) is 0 Å². The molecule has 1 aliphatic carbocycles. The molecule has 0 aromatic rings. The van der Waals surface area contributed by atoms with Crippen LogP contribution in [0.3, 0.4) is 0 Å². The van der Waals surface area contributed by atoms with E-state index in [9.17, 15) is 4.79 Å². The van der Waals surface area contributed by atoms with Crippen molar-refractivity contribution in [2.45, 2.75) is 19.3 Å². The summed E-state index contributed by atoms with van der Waals surface area (Å²) >= 11 is 0. The lowest BCUT2D eigenvalue weighted by molar-refractivity contribution is -0.120. The number of carbonyl (C=O) groups is 1. The highest BCUT2D eigenvalue weighted by molar-refractivity contribution is 5.78. The average molecular weight is 137 g/mol. The van der Waals surface area contributed by atoms with Crippen molar-refractivity contribution in [3.8, 4) is 12.3 Å². The summed E-state index contributed by atoms with van der Waals surface area (Å²) in [5, 5.41) is 2.76. The van der Waals surface area contributed by atoms with Gasteiger partial charge in [-0.3, -0.25) is 4.79 Å². The first-order valence-electron chi connectivity index (χ1n) is 3.53. The molecule has 0 aliphatic heterocycles. The summed E-state index contributed by atoms with van der Waals surface area (Å²) in [5.41, 5.74) is 0. The molecule has 54 valence electrons. The van der Waals surface area contributed by atoms with Crippen LogP contribution in [0.5, 0.6) is 0 Å². The summed E-state index contributed by atoms with van der Waals surface area (Å²) in [6.45, 7) is 0.820. The molecule has 1 aliphatic rings. The standard InChI is InChI=1S/C8H11NO/c1-2-3-8(10)9-6-7-4-5-7/h1,7H,3-6H2,(H,9,10). The maximum Gasteiger partial charge on any atom is 0.232 e. The molecule has 1 rings (SSSR count). The molecule has 0 atom stereocenters. The summed E-state index contributed by atoms with van der Waals surface area (Å²) in [4.78, 5) is 10.7. The van der Waals surface area contributed by atoms with Crippen molar-refractivity contribution >= 4 is 5.91 Å². The lowest BCUT2D eigenvalue weighted by Gasteiger charge is -1.98. The highest BCUT2D eigenvalue weighted by Crippen LogP contribution is 2.27. The minimum atomic E-state index is -0.0191. The number of terminal acetylenes is 1. The van der Waals surface area contributed by atoms with Crippen molar-refractivity contribution in [3.63, 3.8) is 0 Å². The van der Waals surface area contributed by atoms with E-state index in [1.54, 1.807) is 0 Å². The van der Waals surface area contributed by atoms with Crippen molar-refractivity contribution in [3.05, 3.63) is 0 Å². The van der Waals surface area contributed by atoms with E-state index in [-0.39, 0.29) is 12.3 Å². The first kappa shape index (κ1) is 7.14. The monoisotopic (exact) mass is 137 g/mol. The fraction of sp³-hybridized carbons (Fsp3) is 0.625. The van der Waals surface area contributed by atoms with Gasteiger partial charge < -0.3 is 5.32 Å². The maximum atomic E-state index is 10.7. The number of hydrogen-bond acceptors (Lipinski definition) is 1. The molecule has 0 bridgehead atoms. The number of nitrogens with one attached hydrogen (secondary N) is 1. The molecule has 1 amide bonds. The summed E-state index contributed by atoms with van der Waals surface area (Å²) in [5.74, 6) is 3.02. The van der Waals surface area contributed by atoms with Crippen LogP contribution in [0.1, 0.15) is 19.3 Å².